The lowest BCUT2D eigenvalue weighted by Gasteiger charge is -2.19. The molecule has 2 N–H and O–H groups in total. The van der Waals surface area contributed by atoms with Crippen LogP contribution in [0.15, 0.2) is 18.2 Å². The van der Waals surface area contributed by atoms with Gasteiger partial charge in [0.05, 0.1) is 5.56 Å². The Morgan fingerprint density at radius 1 is 1.50 bits per heavy atom. The van der Waals surface area contributed by atoms with E-state index >= 15 is 0 Å². The van der Waals surface area contributed by atoms with E-state index in [-0.39, 0.29) is 24.0 Å². The molecule has 5 nitrogen and oxygen atoms in total. The second-order valence-corrected chi connectivity index (χ2v) is 4.51. The Kier molecular flexibility index (Phi) is 3.34. The lowest BCUT2D eigenvalue weighted by molar-refractivity contribution is -0.117. The fourth-order valence-electron chi connectivity index (χ4n) is 2.28. The van der Waals surface area contributed by atoms with Crippen LogP contribution in [0.5, 0.6) is 0 Å². The van der Waals surface area contributed by atoms with E-state index in [0.29, 0.717) is 24.2 Å². The number of amides is 1. The molecule has 1 fully saturated rings. The second kappa shape index (κ2) is 4.78. The number of anilines is 1. The molecule has 0 radical (unpaired) electrons. The van der Waals surface area contributed by atoms with Crippen LogP contribution in [-0.4, -0.2) is 35.2 Å². The van der Waals surface area contributed by atoms with Crippen LogP contribution in [0, 0.1) is 12.8 Å². The lowest BCUT2D eigenvalue weighted by Crippen LogP contribution is -2.26. The van der Waals surface area contributed by atoms with E-state index in [9.17, 15) is 9.59 Å². The first kappa shape index (κ1) is 12.6. The molecule has 5 heteroatoms. The fraction of sp³-hybridized carbons (Fsp3) is 0.385. The molecule has 18 heavy (non-hydrogen) atoms. The molecule has 96 valence electrons. The van der Waals surface area contributed by atoms with E-state index in [1.165, 1.54) is 6.07 Å². The molecule has 0 aromatic heterocycles. The Morgan fingerprint density at radius 2 is 2.22 bits per heavy atom. The quantitative estimate of drug-likeness (QED) is 0.839. The minimum Gasteiger partial charge on any atom is -0.478 e. The van der Waals surface area contributed by atoms with E-state index < -0.39 is 5.97 Å². The van der Waals surface area contributed by atoms with Gasteiger partial charge < -0.3 is 15.1 Å². The number of nitrogens with zero attached hydrogens (tertiary/aromatic N) is 1. The Morgan fingerprint density at radius 3 is 2.78 bits per heavy atom. The monoisotopic (exact) mass is 249 g/mol. The van der Waals surface area contributed by atoms with Crippen molar-refractivity contribution in [2.75, 3.05) is 18.1 Å². The normalized spacial score (nSPS) is 19.3. The van der Waals surface area contributed by atoms with E-state index in [1.807, 2.05) is 0 Å². The van der Waals surface area contributed by atoms with Gasteiger partial charge in [0.2, 0.25) is 5.91 Å². The highest BCUT2D eigenvalue weighted by Gasteiger charge is 2.31. The van der Waals surface area contributed by atoms with Crippen LogP contribution >= 0.6 is 0 Å². The number of carbonyl (C=O) groups is 2. The summed E-state index contributed by atoms with van der Waals surface area (Å²) in [5.74, 6) is -1.13. The average Bonchev–Trinajstić information content (AvgIpc) is 2.70. The van der Waals surface area contributed by atoms with Crippen LogP contribution in [0.1, 0.15) is 22.3 Å². The molecule has 1 unspecified atom stereocenters. The fourth-order valence-corrected chi connectivity index (χ4v) is 2.28. The van der Waals surface area contributed by atoms with Crippen molar-refractivity contribution in [3.63, 3.8) is 0 Å². The molecule has 0 aliphatic carbocycles. The molecular formula is C13H15NO4. The van der Waals surface area contributed by atoms with Crippen molar-refractivity contribution in [1.82, 2.24) is 0 Å². The van der Waals surface area contributed by atoms with Gasteiger partial charge in [-0.25, -0.2) is 4.79 Å². The number of carboxylic acid groups (broad SMARTS) is 1. The molecular weight excluding hydrogens is 234 g/mol. The van der Waals surface area contributed by atoms with Crippen molar-refractivity contribution in [2.45, 2.75) is 13.3 Å². The molecule has 0 spiro atoms. The van der Waals surface area contributed by atoms with Gasteiger partial charge in [-0.1, -0.05) is 6.07 Å². The zero-order valence-corrected chi connectivity index (χ0v) is 10.1. The summed E-state index contributed by atoms with van der Waals surface area (Å²) >= 11 is 0. The number of aliphatic hydroxyl groups is 1. The van der Waals surface area contributed by atoms with Gasteiger partial charge in [-0.2, -0.15) is 0 Å². The van der Waals surface area contributed by atoms with Crippen LogP contribution in [0.4, 0.5) is 5.69 Å². The van der Waals surface area contributed by atoms with Gasteiger partial charge in [0, 0.05) is 31.2 Å². The number of carbonyl (C=O) groups excluding carboxylic acids is 1. The first-order valence-corrected chi connectivity index (χ1v) is 5.78. The molecule has 1 saturated heterocycles. The van der Waals surface area contributed by atoms with Gasteiger partial charge >= 0.3 is 5.97 Å². The maximum Gasteiger partial charge on any atom is 0.336 e. The topological polar surface area (TPSA) is 77.8 Å². The zero-order chi connectivity index (χ0) is 13.3. The van der Waals surface area contributed by atoms with Crippen LogP contribution < -0.4 is 4.90 Å². The van der Waals surface area contributed by atoms with Crippen molar-refractivity contribution in [2.24, 2.45) is 5.92 Å². The number of carboxylic acids is 1. The number of benzene rings is 1. The number of aliphatic hydroxyl groups excluding tert-OH is 1. The van der Waals surface area contributed by atoms with Crippen molar-refractivity contribution in [3.8, 4) is 0 Å². The predicted molar refractivity (Wildman–Crippen MR) is 65.7 cm³/mol. The SMILES string of the molecule is Cc1c(C(=O)O)cccc1N1CC(CO)CC1=O. The van der Waals surface area contributed by atoms with Gasteiger partial charge in [-0.05, 0) is 24.6 Å². The third kappa shape index (κ3) is 2.09. The second-order valence-electron chi connectivity index (χ2n) is 4.51. The summed E-state index contributed by atoms with van der Waals surface area (Å²) in [7, 11) is 0. The maximum absolute atomic E-state index is 11.8. The molecule has 0 saturated carbocycles. The molecule has 2 rings (SSSR count). The first-order valence-electron chi connectivity index (χ1n) is 5.78. The van der Waals surface area contributed by atoms with Crippen molar-refractivity contribution in [3.05, 3.63) is 29.3 Å². The van der Waals surface area contributed by atoms with Gasteiger partial charge in [-0.15, -0.1) is 0 Å². The van der Waals surface area contributed by atoms with E-state index in [0.717, 1.165) is 0 Å². The van der Waals surface area contributed by atoms with Gasteiger partial charge in [0.1, 0.15) is 0 Å². The minimum absolute atomic E-state index is 0.0279. The Labute approximate surface area is 105 Å². The largest absolute Gasteiger partial charge is 0.478 e. The Hall–Kier alpha value is -1.88. The third-order valence-electron chi connectivity index (χ3n) is 3.29. The third-order valence-corrected chi connectivity index (χ3v) is 3.29. The van der Waals surface area contributed by atoms with Crippen molar-refractivity contribution >= 4 is 17.6 Å². The summed E-state index contributed by atoms with van der Waals surface area (Å²) in [5, 5.41) is 18.1. The van der Waals surface area contributed by atoms with E-state index in [1.54, 1.807) is 24.0 Å². The smallest absolute Gasteiger partial charge is 0.336 e. The predicted octanol–water partition coefficient (Wildman–Crippen LogP) is 1.04. The van der Waals surface area contributed by atoms with Crippen LogP contribution in [0.3, 0.4) is 0 Å². The summed E-state index contributed by atoms with van der Waals surface area (Å²) in [6.07, 6.45) is 0.313. The first-order chi connectivity index (χ1) is 8.54. The highest BCUT2D eigenvalue weighted by molar-refractivity contribution is 5.99. The summed E-state index contributed by atoms with van der Waals surface area (Å²) in [4.78, 5) is 24.5. The standard InChI is InChI=1S/C13H15NO4/c1-8-10(13(17)18)3-2-4-11(8)14-6-9(7-15)5-12(14)16/h2-4,9,15H,5-7H2,1H3,(H,17,18). The molecule has 1 heterocycles. The highest BCUT2D eigenvalue weighted by atomic mass is 16.4. The summed E-state index contributed by atoms with van der Waals surface area (Å²) in [5.41, 5.74) is 1.40. The number of rotatable bonds is 3. The molecule has 1 aromatic rings. The van der Waals surface area contributed by atoms with Gasteiger partial charge in [0.15, 0.2) is 0 Å². The molecule has 1 aliphatic rings. The molecule has 1 amide bonds. The van der Waals surface area contributed by atoms with Crippen LogP contribution in [0.2, 0.25) is 0 Å². The summed E-state index contributed by atoms with van der Waals surface area (Å²) in [6, 6.07) is 4.88. The zero-order valence-electron chi connectivity index (χ0n) is 10.1. The lowest BCUT2D eigenvalue weighted by atomic mass is 10.1. The van der Waals surface area contributed by atoms with Crippen molar-refractivity contribution < 1.29 is 19.8 Å². The summed E-state index contributed by atoms with van der Waals surface area (Å²) in [6.45, 7) is 2.11. The molecule has 1 aromatic carbocycles. The van der Waals surface area contributed by atoms with Gasteiger partial charge in [0.25, 0.3) is 0 Å². The summed E-state index contributed by atoms with van der Waals surface area (Å²) < 4.78 is 0. The van der Waals surface area contributed by atoms with Crippen molar-refractivity contribution in [1.29, 1.82) is 0 Å². The number of hydrogen-bond acceptors (Lipinski definition) is 3. The van der Waals surface area contributed by atoms with Crippen LogP contribution in [0.25, 0.3) is 0 Å². The van der Waals surface area contributed by atoms with E-state index in [2.05, 4.69) is 0 Å². The molecule has 1 aliphatic heterocycles. The molecule has 1 atom stereocenters. The highest BCUT2D eigenvalue weighted by Crippen LogP contribution is 2.29. The Balaban J connectivity index is 2.37. The average molecular weight is 249 g/mol. The minimum atomic E-state index is -1.00. The van der Waals surface area contributed by atoms with Gasteiger partial charge in [-0.3, -0.25) is 4.79 Å². The molecule has 0 bridgehead atoms. The van der Waals surface area contributed by atoms with Crippen LogP contribution in [-0.2, 0) is 4.79 Å². The van der Waals surface area contributed by atoms with E-state index in [4.69, 9.17) is 10.2 Å². The maximum atomic E-state index is 11.8. The number of hydrogen-bond donors (Lipinski definition) is 2. The Bertz CT molecular complexity index is 498. The number of aromatic carboxylic acids is 1.